The van der Waals surface area contributed by atoms with Crippen LogP contribution in [0.4, 0.5) is 18.0 Å². The summed E-state index contributed by atoms with van der Waals surface area (Å²) in [5.41, 5.74) is -0.739. The molecule has 51 heavy (non-hydrogen) atoms. The molecule has 10 nitrogen and oxygen atoms in total. The minimum Gasteiger partial charge on any atom is -0.474 e. The average molecular weight is 742 g/mol. The Morgan fingerprint density at radius 3 is 2.57 bits per heavy atom. The highest BCUT2D eigenvalue weighted by Gasteiger charge is 2.64. The van der Waals surface area contributed by atoms with E-state index >= 15 is 0 Å². The lowest BCUT2D eigenvalue weighted by Crippen LogP contribution is -2.60. The lowest BCUT2D eigenvalue weighted by atomic mass is 9.96. The summed E-state index contributed by atoms with van der Waals surface area (Å²) in [4.78, 5) is 59.9. The van der Waals surface area contributed by atoms with Crippen molar-refractivity contribution in [2.75, 3.05) is 20.1 Å². The van der Waals surface area contributed by atoms with Gasteiger partial charge in [0.1, 0.15) is 17.7 Å². The van der Waals surface area contributed by atoms with Gasteiger partial charge in [-0.3, -0.25) is 9.59 Å². The van der Waals surface area contributed by atoms with Crippen molar-refractivity contribution < 1.29 is 32.3 Å². The van der Waals surface area contributed by atoms with E-state index in [2.05, 4.69) is 32.4 Å². The number of carbonyl (C=O) groups is 3. The fraction of sp³-hybridized carbons (Fsp3) is 0.528. The number of thiophene rings is 1. The van der Waals surface area contributed by atoms with E-state index in [1.165, 1.54) is 0 Å². The molecule has 4 aliphatic rings. The fourth-order valence-corrected chi connectivity index (χ4v) is 8.88. The zero-order chi connectivity index (χ0) is 36.2. The lowest BCUT2D eigenvalue weighted by molar-refractivity contribution is -0.140. The van der Waals surface area contributed by atoms with Crippen LogP contribution in [0.1, 0.15) is 67.3 Å². The summed E-state index contributed by atoms with van der Waals surface area (Å²) in [5.74, 6) is 0.617. The van der Waals surface area contributed by atoms with E-state index in [9.17, 15) is 27.6 Å². The van der Waals surface area contributed by atoms with E-state index in [4.69, 9.17) is 4.74 Å². The summed E-state index contributed by atoms with van der Waals surface area (Å²) in [6, 6.07) is 2.42. The third-order valence-electron chi connectivity index (χ3n) is 10.3. The quantitative estimate of drug-likeness (QED) is 0.270. The number of urea groups is 1. The second kappa shape index (κ2) is 13.6. The number of allylic oxidation sites excluding steroid dienone is 1. The van der Waals surface area contributed by atoms with Crippen molar-refractivity contribution in [2.24, 2.45) is 11.8 Å². The van der Waals surface area contributed by atoms with Gasteiger partial charge in [0.2, 0.25) is 11.8 Å². The SMILES string of the molecule is C[C]1CC1C(=O)[C@@]12C[C@H]1/C=C/CCCCN(C)C(=O)N1CC[C@H](Oc3cc(-c4cc(C)sc4C)nc(-c4nc(C(F)(F)F)cs4)n3)C[C@H]1C(=O)N2. The molecule has 3 amide bonds. The summed E-state index contributed by atoms with van der Waals surface area (Å²) in [6.07, 6.45) is 3.26. The maximum Gasteiger partial charge on any atom is 0.434 e. The molecule has 5 atom stereocenters. The van der Waals surface area contributed by atoms with Crippen LogP contribution >= 0.6 is 22.7 Å². The number of ether oxygens (including phenoxy) is 1. The first-order chi connectivity index (χ1) is 24.2. The Kier molecular flexibility index (Phi) is 9.48. The highest BCUT2D eigenvalue weighted by atomic mass is 32.1. The molecule has 3 fully saturated rings. The zero-order valence-electron chi connectivity index (χ0n) is 28.9. The van der Waals surface area contributed by atoms with Crippen molar-refractivity contribution in [3.63, 3.8) is 0 Å². The third kappa shape index (κ3) is 7.28. The van der Waals surface area contributed by atoms with Gasteiger partial charge in [-0.1, -0.05) is 19.1 Å². The van der Waals surface area contributed by atoms with Gasteiger partial charge < -0.3 is 19.9 Å². The number of thiazole rings is 1. The number of nitrogens with one attached hydrogen (secondary N) is 1. The van der Waals surface area contributed by atoms with Crippen LogP contribution in [0.3, 0.4) is 0 Å². The van der Waals surface area contributed by atoms with Crippen LogP contribution in [0.25, 0.3) is 22.1 Å². The molecule has 7 rings (SSSR count). The van der Waals surface area contributed by atoms with Crippen molar-refractivity contribution in [1.82, 2.24) is 30.1 Å². The monoisotopic (exact) mass is 741 g/mol. The number of fused-ring (bicyclic) bond motifs is 2. The normalized spacial score (nSPS) is 28.0. The molecule has 1 saturated heterocycles. The van der Waals surface area contributed by atoms with Crippen molar-refractivity contribution in [3.05, 3.63) is 51.0 Å². The third-order valence-corrected chi connectivity index (χ3v) is 12.1. The number of rotatable bonds is 6. The van der Waals surface area contributed by atoms with Crippen LogP contribution in [0.15, 0.2) is 29.7 Å². The zero-order valence-corrected chi connectivity index (χ0v) is 30.5. The first kappa shape index (κ1) is 35.5. The molecule has 2 aliphatic carbocycles. The summed E-state index contributed by atoms with van der Waals surface area (Å²) in [5, 5.41) is 4.05. The van der Waals surface area contributed by atoms with E-state index in [-0.39, 0.29) is 53.3 Å². The molecule has 3 aromatic rings. The number of halogens is 3. The van der Waals surface area contributed by atoms with Crippen LogP contribution in [0, 0.1) is 31.6 Å². The second-order valence-electron chi connectivity index (χ2n) is 14.1. The predicted molar refractivity (Wildman–Crippen MR) is 187 cm³/mol. The number of nitrogens with zero attached hydrogens (tertiary/aromatic N) is 5. The Morgan fingerprint density at radius 1 is 1.10 bits per heavy atom. The van der Waals surface area contributed by atoms with Gasteiger partial charge in [-0.05, 0) is 57.9 Å². The highest BCUT2D eigenvalue weighted by Crippen LogP contribution is 2.53. The first-order valence-corrected chi connectivity index (χ1v) is 19.0. The van der Waals surface area contributed by atoms with Gasteiger partial charge in [0.15, 0.2) is 22.3 Å². The van der Waals surface area contributed by atoms with Gasteiger partial charge in [-0.25, -0.2) is 14.8 Å². The van der Waals surface area contributed by atoms with Gasteiger partial charge in [0.25, 0.3) is 0 Å². The minimum absolute atomic E-state index is 0.00126. The van der Waals surface area contributed by atoms with Crippen molar-refractivity contribution in [1.29, 1.82) is 0 Å². The molecule has 5 heterocycles. The number of aromatic nitrogens is 3. The molecule has 2 saturated carbocycles. The Hall–Kier alpha value is -3.85. The first-order valence-electron chi connectivity index (χ1n) is 17.3. The maximum absolute atomic E-state index is 14.3. The maximum atomic E-state index is 14.3. The van der Waals surface area contributed by atoms with Crippen LogP contribution < -0.4 is 10.1 Å². The Labute approximate surface area is 302 Å². The van der Waals surface area contributed by atoms with Crippen LogP contribution in [0.2, 0.25) is 0 Å². The molecule has 2 aliphatic heterocycles. The average Bonchev–Trinajstić information content (AvgIpc) is 3.84. The molecule has 0 spiro atoms. The molecule has 0 aromatic carbocycles. The highest BCUT2D eigenvalue weighted by molar-refractivity contribution is 7.13. The molecule has 15 heteroatoms. The number of amides is 3. The topological polar surface area (TPSA) is 118 Å². The molecule has 3 aromatic heterocycles. The number of aryl methyl sites for hydroxylation is 2. The van der Waals surface area contributed by atoms with Crippen LogP contribution in [-0.4, -0.2) is 80.3 Å². The number of hydrogen-bond donors (Lipinski definition) is 1. The summed E-state index contributed by atoms with van der Waals surface area (Å²) < 4.78 is 46.8. The van der Waals surface area contributed by atoms with E-state index in [1.807, 2.05) is 26.8 Å². The molecule has 1 N–H and O–H groups in total. The molecule has 1 radical (unpaired) electrons. The van der Waals surface area contributed by atoms with E-state index in [0.29, 0.717) is 25.1 Å². The predicted octanol–water partition coefficient (Wildman–Crippen LogP) is 7.03. The number of hydrogen-bond acceptors (Lipinski definition) is 9. The van der Waals surface area contributed by atoms with E-state index in [0.717, 1.165) is 63.6 Å². The number of carbonyl (C=O) groups excluding carboxylic acids is 3. The smallest absolute Gasteiger partial charge is 0.434 e. The molecular formula is C36H40F3N6O4S2. The number of alkyl halides is 3. The Balaban J connectivity index is 1.19. The Bertz CT molecular complexity index is 1880. The second-order valence-corrected chi connectivity index (χ2v) is 16.4. The van der Waals surface area contributed by atoms with Gasteiger partial charge >= 0.3 is 12.2 Å². The van der Waals surface area contributed by atoms with Gasteiger partial charge in [0, 0.05) is 71.6 Å². The van der Waals surface area contributed by atoms with Crippen LogP contribution in [-0.2, 0) is 15.8 Å². The standard InChI is InChI=1S/C36H40F3N6O4S2/c1-19-13-24(19)30(46)35-17-22(35)9-7-5-6-8-11-44(4)34(48)45-12-10-23(15-27(45)32(47)43-35)49-29-16-26(25-14-20(2)51-21(25)3)40-31(42-29)33-41-28(18-50-33)36(37,38)39/h7,9,14,16,18,22-24,27H,5-6,8,10-13,15,17H2,1-4H3,(H,43,47)/b9-7+/t22-,23+,24?,27+,35-/m1/s1. The van der Waals surface area contributed by atoms with Crippen molar-refractivity contribution >= 4 is 40.4 Å². The van der Waals surface area contributed by atoms with Crippen LogP contribution in [0.5, 0.6) is 5.88 Å². The van der Waals surface area contributed by atoms with E-state index < -0.39 is 35.5 Å². The lowest BCUT2D eigenvalue weighted by Gasteiger charge is -2.40. The number of Topliss-reactive ketones (excluding diaryl/α,β-unsaturated/α-hetero) is 1. The summed E-state index contributed by atoms with van der Waals surface area (Å²) in [7, 11) is 1.73. The largest absolute Gasteiger partial charge is 0.474 e. The number of piperidine rings is 1. The van der Waals surface area contributed by atoms with E-state index in [1.54, 1.807) is 34.3 Å². The Morgan fingerprint density at radius 2 is 1.88 bits per heavy atom. The fourth-order valence-electron chi connectivity index (χ4n) is 7.19. The van der Waals surface area contributed by atoms with Crippen molar-refractivity contribution in [2.45, 2.75) is 89.6 Å². The molecule has 1 unspecified atom stereocenters. The van der Waals surface area contributed by atoms with Gasteiger partial charge in [-0.15, -0.1) is 22.7 Å². The minimum atomic E-state index is -4.62. The van der Waals surface area contributed by atoms with Gasteiger partial charge in [-0.2, -0.15) is 18.2 Å². The van der Waals surface area contributed by atoms with Gasteiger partial charge in [0.05, 0.1) is 5.69 Å². The molecular weight excluding hydrogens is 702 g/mol. The molecule has 0 bridgehead atoms. The number of ketones is 1. The summed E-state index contributed by atoms with van der Waals surface area (Å²) >= 11 is 2.37. The molecule has 271 valence electrons. The van der Waals surface area contributed by atoms with Crippen molar-refractivity contribution in [3.8, 4) is 28.0 Å². The summed E-state index contributed by atoms with van der Waals surface area (Å²) in [6.45, 7) is 6.63.